The Morgan fingerprint density at radius 2 is 2.04 bits per heavy atom. The molecule has 0 spiro atoms. The minimum absolute atomic E-state index is 0.215. The van der Waals surface area contributed by atoms with Gasteiger partial charge in [-0.2, -0.15) is 5.26 Å². The highest BCUT2D eigenvalue weighted by atomic mass is 16.1. The van der Waals surface area contributed by atoms with Crippen molar-refractivity contribution in [1.82, 2.24) is 15.3 Å². The van der Waals surface area contributed by atoms with Gasteiger partial charge in [0.1, 0.15) is 11.8 Å². The Balaban J connectivity index is 2.13. The fourth-order valence-electron chi connectivity index (χ4n) is 2.22. The van der Waals surface area contributed by atoms with E-state index >= 15 is 0 Å². The molecule has 2 N–H and O–H groups in total. The quantitative estimate of drug-likeness (QED) is 0.763. The lowest BCUT2D eigenvalue weighted by atomic mass is 10.2. The average Bonchev–Trinajstić information content (AvgIpc) is 2.58. The van der Waals surface area contributed by atoms with Crippen LogP contribution in [0.15, 0.2) is 30.3 Å². The Kier molecular flexibility index (Phi) is 6.26. The summed E-state index contributed by atoms with van der Waals surface area (Å²) >= 11 is 0. The number of nitriles is 1. The number of para-hydroxylation sites is 1. The number of anilines is 2. The summed E-state index contributed by atoms with van der Waals surface area (Å²) in [6.45, 7) is 4.55. The smallest absolute Gasteiger partial charge is 0.270 e. The number of aromatic nitrogens is 2. The summed E-state index contributed by atoms with van der Waals surface area (Å²) < 4.78 is 0. The van der Waals surface area contributed by atoms with E-state index in [0.29, 0.717) is 35.1 Å². The number of carbonyl (C=O) groups excluding carboxylic acids is 1. The second-order valence-electron chi connectivity index (χ2n) is 5.46. The van der Waals surface area contributed by atoms with Crippen LogP contribution in [0.3, 0.4) is 0 Å². The van der Waals surface area contributed by atoms with Gasteiger partial charge in [0.15, 0.2) is 0 Å². The van der Waals surface area contributed by atoms with Gasteiger partial charge in [0, 0.05) is 12.2 Å². The zero-order valence-corrected chi connectivity index (χ0v) is 14.0. The Morgan fingerprint density at radius 1 is 1.25 bits per heavy atom. The predicted octanol–water partition coefficient (Wildman–Crippen LogP) is 3.32. The fraction of sp³-hybridized carbons (Fsp3) is 0.333. The fourth-order valence-corrected chi connectivity index (χ4v) is 2.22. The van der Waals surface area contributed by atoms with Crippen LogP contribution in [-0.4, -0.2) is 22.4 Å². The van der Waals surface area contributed by atoms with Crippen LogP contribution in [0.4, 0.5) is 11.6 Å². The molecule has 0 radical (unpaired) electrons. The monoisotopic (exact) mass is 323 g/mol. The van der Waals surface area contributed by atoms with Crippen molar-refractivity contribution in [2.75, 3.05) is 11.9 Å². The Bertz CT molecular complexity index is 751. The van der Waals surface area contributed by atoms with Crippen molar-refractivity contribution in [1.29, 1.82) is 5.26 Å². The third-order valence-corrected chi connectivity index (χ3v) is 3.45. The van der Waals surface area contributed by atoms with Gasteiger partial charge in [-0.3, -0.25) is 4.79 Å². The molecule has 2 aromatic rings. The molecule has 6 nitrogen and oxygen atoms in total. The third kappa shape index (κ3) is 4.78. The van der Waals surface area contributed by atoms with Gasteiger partial charge in [0.05, 0.1) is 11.3 Å². The number of hydrogen-bond donors (Lipinski definition) is 2. The summed E-state index contributed by atoms with van der Waals surface area (Å²) in [7, 11) is 0. The summed E-state index contributed by atoms with van der Waals surface area (Å²) in [6.07, 6.45) is 3.14. The van der Waals surface area contributed by atoms with Gasteiger partial charge in [-0.1, -0.05) is 31.9 Å². The van der Waals surface area contributed by atoms with E-state index in [1.165, 1.54) is 0 Å². The Hall–Kier alpha value is -2.94. The van der Waals surface area contributed by atoms with Crippen LogP contribution in [0.5, 0.6) is 0 Å². The van der Waals surface area contributed by atoms with E-state index in [1.807, 2.05) is 6.07 Å². The molecule has 124 valence electrons. The van der Waals surface area contributed by atoms with Crippen LogP contribution in [0.25, 0.3) is 0 Å². The summed E-state index contributed by atoms with van der Waals surface area (Å²) in [5, 5.41) is 15.0. The van der Waals surface area contributed by atoms with Crippen molar-refractivity contribution in [2.24, 2.45) is 0 Å². The number of nitrogens with one attached hydrogen (secondary N) is 2. The standard InChI is InChI=1S/C18H21N5O/c1-3-4-7-10-20-17(24)16-11-13(2)21-18(23-16)22-15-9-6-5-8-14(15)12-19/h5-6,8-9,11H,3-4,7,10H2,1-2H3,(H,20,24)(H,21,22,23). The van der Waals surface area contributed by atoms with E-state index in [0.717, 1.165) is 19.3 Å². The summed E-state index contributed by atoms with van der Waals surface area (Å²) in [4.78, 5) is 20.8. The molecule has 1 aromatic carbocycles. The molecule has 0 saturated carbocycles. The molecule has 0 saturated heterocycles. The molecule has 0 fully saturated rings. The van der Waals surface area contributed by atoms with Crippen LogP contribution < -0.4 is 10.6 Å². The molecule has 0 unspecified atom stereocenters. The van der Waals surface area contributed by atoms with Crippen molar-refractivity contribution in [3.05, 3.63) is 47.3 Å². The van der Waals surface area contributed by atoms with Gasteiger partial charge < -0.3 is 10.6 Å². The zero-order chi connectivity index (χ0) is 17.4. The van der Waals surface area contributed by atoms with E-state index in [-0.39, 0.29) is 5.91 Å². The molecule has 1 amide bonds. The van der Waals surface area contributed by atoms with Gasteiger partial charge in [-0.15, -0.1) is 0 Å². The largest absolute Gasteiger partial charge is 0.351 e. The molecular formula is C18H21N5O. The Labute approximate surface area is 142 Å². The number of unbranched alkanes of at least 4 members (excludes halogenated alkanes) is 2. The lowest BCUT2D eigenvalue weighted by molar-refractivity contribution is 0.0948. The normalized spacial score (nSPS) is 10.0. The van der Waals surface area contributed by atoms with Crippen molar-refractivity contribution < 1.29 is 4.79 Å². The van der Waals surface area contributed by atoms with Gasteiger partial charge in [-0.25, -0.2) is 9.97 Å². The Morgan fingerprint density at radius 3 is 2.79 bits per heavy atom. The molecule has 24 heavy (non-hydrogen) atoms. The van der Waals surface area contributed by atoms with Gasteiger partial charge >= 0.3 is 0 Å². The van der Waals surface area contributed by atoms with Crippen molar-refractivity contribution in [3.8, 4) is 6.07 Å². The van der Waals surface area contributed by atoms with Crippen molar-refractivity contribution >= 4 is 17.5 Å². The van der Waals surface area contributed by atoms with Crippen LogP contribution in [-0.2, 0) is 0 Å². The van der Waals surface area contributed by atoms with Crippen LogP contribution in [0.2, 0.25) is 0 Å². The zero-order valence-electron chi connectivity index (χ0n) is 14.0. The maximum Gasteiger partial charge on any atom is 0.270 e. The number of carbonyl (C=O) groups is 1. The molecular weight excluding hydrogens is 302 g/mol. The molecule has 2 rings (SSSR count). The molecule has 1 aromatic heterocycles. The van der Waals surface area contributed by atoms with Gasteiger partial charge in [-0.05, 0) is 31.5 Å². The molecule has 0 aliphatic rings. The first-order chi connectivity index (χ1) is 11.6. The number of amides is 1. The first-order valence-electron chi connectivity index (χ1n) is 8.04. The number of rotatable bonds is 7. The van der Waals surface area contributed by atoms with E-state index < -0.39 is 0 Å². The highest BCUT2D eigenvalue weighted by Gasteiger charge is 2.11. The van der Waals surface area contributed by atoms with E-state index in [1.54, 1.807) is 31.2 Å². The lowest BCUT2D eigenvalue weighted by Gasteiger charge is -2.09. The predicted molar refractivity (Wildman–Crippen MR) is 93.1 cm³/mol. The minimum atomic E-state index is -0.215. The number of benzene rings is 1. The van der Waals surface area contributed by atoms with Crippen LogP contribution in [0.1, 0.15) is 47.9 Å². The molecule has 0 bridgehead atoms. The molecule has 0 aliphatic carbocycles. The molecule has 0 atom stereocenters. The highest BCUT2D eigenvalue weighted by molar-refractivity contribution is 5.92. The number of hydrogen-bond acceptors (Lipinski definition) is 5. The van der Waals surface area contributed by atoms with Crippen molar-refractivity contribution in [3.63, 3.8) is 0 Å². The van der Waals surface area contributed by atoms with E-state index in [4.69, 9.17) is 5.26 Å². The first-order valence-corrected chi connectivity index (χ1v) is 8.04. The summed E-state index contributed by atoms with van der Waals surface area (Å²) in [5.41, 5.74) is 2.10. The van der Waals surface area contributed by atoms with Crippen LogP contribution >= 0.6 is 0 Å². The third-order valence-electron chi connectivity index (χ3n) is 3.45. The van der Waals surface area contributed by atoms with E-state index in [9.17, 15) is 4.79 Å². The maximum absolute atomic E-state index is 12.2. The molecule has 0 aliphatic heterocycles. The first kappa shape index (κ1) is 17.4. The summed E-state index contributed by atoms with van der Waals surface area (Å²) in [5.74, 6) is 0.0876. The maximum atomic E-state index is 12.2. The second kappa shape index (κ2) is 8.63. The van der Waals surface area contributed by atoms with Gasteiger partial charge in [0.25, 0.3) is 5.91 Å². The number of nitrogens with zero attached hydrogens (tertiary/aromatic N) is 3. The highest BCUT2D eigenvalue weighted by Crippen LogP contribution is 2.18. The SMILES string of the molecule is CCCCCNC(=O)c1cc(C)nc(Nc2ccccc2C#N)n1. The van der Waals surface area contributed by atoms with Crippen LogP contribution in [0, 0.1) is 18.3 Å². The lowest BCUT2D eigenvalue weighted by Crippen LogP contribution is -2.26. The van der Waals surface area contributed by atoms with Crippen molar-refractivity contribution in [2.45, 2.75) is 33.1 Å². The summed E-state index contributed by atoms with van der Waals surface area (Å²) in [6, 6.07) is 10.8. The molecule has 1 heterocycles. The van der Waals surface area contributed by atoms with Gasteiger partial charge in [0.2, 0.25) is 5.95 Å². The van der Waals surface area contributed by atoms with E-state index in [2.05, 4.69) is 33.6 Å². The molecule has 6 heteroatoms. The minimum Gasteiger partial charge on any atom is -0.351 e. The topological polar surface area (TPSA) is 90.7 Å². The average molecular weight is 323 g/mol. The second-order valence-corrected chi connectivity index (χ2v) is 5.46. The number of aryl methyl sites for hydroxylation is 1.